The number of carboxylic acid groups (broad SMARTS) is 1. The molecule has 0 aliphatic rings. The van der Waals surface area contributed by atoms with Crippen LogP contribution in [0.25, 0.3) is 0 Å². The van der Waals surface area contributed by atoms with Crippen molar-refractivity contribution in [2.45, 2.75) is 122 Å². The van der Waals surface area contributed by atoms with Gasteiger partial charge in [-0.2, -0.15) is 0 Å². The van der Waals surface area contributed by atoms with E-state index in [4.69, 9.17) is 18.9 Å². The van der Waals surface area contributed by atoms with Crippen LogP contribution in [0.3, 0.4) is 0 Å². The van der Waals surface area contributed by atoms with E-state index in [2.05, 4.69) is 6.92 Å². The van der Waals surface area contributed by atoms with Crippen LogP contribution in [0.4, 0.5) is 0 Å². The number of likely N-dealkylation sites (N-methyl/N-ethyl adjacent to an activating group) is 1. The molecule has 0 saturated heterocycles. The molecule has 0 fully saturated rings. The van der Waals surface area contributed by atoms with Crippen molar-refractivity contribution in [3.63, 3.8) is 0 Å². The van der Waals surface area contributed by atoms with E-state index in [1.54, 1.807) is 0 Å². The van der Waals surface area contributed by atoms with E-state index < -0.39 is 32.6 Å². The third-order valence-corrected chi connectivity index (χ3v) is 7.24. The summed E-state index contributed by atoms with van der Waals surface area (Å²) in [7, 11) is 1.52. The third-order valence-electron chi connectivity index (χ3n) is 6.25. The number of rotatable bonds is 27. The van der Waals surface area contributed by atoms with Gasteiger partial charge >= 0.3 is 13.8 Å². The Balaban J connectivity index is 3.93. The third kappa shape index (κ3) is 26.8. The highest BCUT2D eigenvalue weighted by molar-refractivity contribution is 7.47. The predicted octanol–water partition coefficient (Wildman–Crippen LogP) is 5.92. The van der Waals surface area contributed by atoms with Gasteiger partial charge in [-0.05, 0) is 6.42 Å². The smallest absolute Gasteiger partial charge is 0.472 e. The first-order valence-electron chi connectivity index (χ1n) is 14.4. The Hall–Kier alpha value is -0.540. The number of aliphatic carboxylic acids is 1. The molecule has 0 aromatic heterocycles. The number of ether oxygens (including phenoxy) is 1. The molecule has 10 heteroatoms. The fourth-order valence-electron chi connectivity index (χ4n) is 3.95. The minimum absolute atomic E-state index is 0.0454. The molecule has 0 aromatic carbocycles. The fourth-order valence-corrected chi connectivity index (χ4v) is 4.70. The van der Waals surface area contributed by atoms with E-state index >= 15 is 0 Å². The molecule has 0 amide bonds. The zero-order valence-corrected chi connectivity index (χ0v) is 25.0. The average Bonchev–Trinajstić information content (AvgIpc) is 2.80. The van der Waals surface area contributed by atoms with Gasteiger partial charge in [-0.25, -0.2) is 4.57 Å². The molecule has 3 atom stereocenters. The summed E-state index contributed by atoms with van der Waals surface area (Å²) >= 11 is 0. The Labute approximate surface area is 226 Å². The van der Waals surface area contributed by atoms with Crippen LogP contribution >= 0.6 is 7.82 Å². The van der Waals surface area contributed by atoms with Gasteiger partial charge in [-0.1, -0.05) is 96.8 Å². The maximum absolute atomic E-state index is 11.9. The Kier molecular flexibility index (Phi) is 22.0. The second kappa shape index (κ2) is 22.3. The van der Waals surface area contributed by atoms with Crippen molar-refractivity contribution in [3.8, 4) is 0 Å². The number of quaternary nitrogens is 1. The first kappa shape index (κ1) is 36.5. The van der Waals surface area contributed by atoms with Crippen LogP contribution in [0.1, 0.15) is 110 Å². The molecule has 3 N–H and O–H groups in total. The number of nitrogens with zero attached hydrogens (tertiary/aromatic N) is 1. The van der Waals surface area contributed by atoms with Gasteiger partial charge in [0.15, 0.2) is 0 Å². The maximum atomic E-state index is 11.9. The van der Waals surface area contributed by atoms with Crippen LogP contribution in [-0.4, -0.2) is 85.3 Å². The molecule has 2 unspecified atom stereocenters. The number of hydrogen-bond donors (Lipinski definition) is 3. The number of phosphoric acid groups is 1. The molecule has 9 nitrogen and oxygen atoms in total. The van der Waals surface area contributed by atoms with Crippen molar-refractivity contribution in [3.05, 3.63) is 0 Å². The monoisotopic (exact) mass is 554 g/mol. The molecule has 0 aliphatic carbocycles. The predicted molar refractivity (Wildman–Crippen MR) is 148 cm³/mol. The summed E-state index contributed by atoms with van der Waals surface area (Å²) in [6, 6.07) is 0. The fraction of sp³-hybridized carbons (Fsp3) is 0.963. The van der Waals surface area contributed by atoms with Crippen LogP contribution in [0.2, 0.25) is 0 Å². The van der Waals surface area contributed by atoms with Gasteiger partial charge in [-0.3, -0.25) is 13.8 Å². The molecular weight excluding hydrogens is 497 g/mol. The molecule has 37 heavy (non-hydrogen) atoms. The Morgan fingerprint density at radius 1 is 0.811 bits per heavy atom. The van der Waals surface area contributed by atoms with Gasteiger partial charge in [0.2, 0.25) is 0 Å². The highest BCUT2D eigenvalue weighted by Crippen LogP contribution is 2.43. The molecule has 0 heterocycles. The lowest BCUT2D eigenvalue weighted by atomic mass is 10.0. The van der Waals surface area contributed by atoms with Crippen LogP contribution < -0.4 is 0 Å². The number of unbranched alkanes of at least 4 members (excludes halogenated alkanes) is 13. The van der Waals surface area contributed by atoms with E-state index in [0.29, 0.717) is 17.4 Å². The van der Waals surface area contributed by atoms with Crippen molar-refractivity contribution in [2.24, 2.45) is 0 Å². The van der Waals surface area contributed by atoms with Gasteiger partial charge in [0.25, 0.3) is 0 Å². The van der Waals surface area contributed by atoms with Gasteiger partial charge in [-0.15, -0.1) is 0 Å². The molecule has 0 aromatic rings. The van der Waals surface area contributed by atoms with Crippen LogP contribution in [-0.2, 0) is 23.1 Å². The van der Waals surface area contributed by atoms with Crippen molar-refractivity contribution >= 4 is 13.8 Å². The number of carboxylic acids is 1. The van der Waals surface area contributed by atoms with Crippen LogP contribution in [0, 0.1) is 0 Å². The van der Waals surface area contributed by atoms with E-state index in [1.807, 2.05) is 21.1 Å². The van der Waals surface area contributed by atoms with Gasteiger partial charge < -0.3 is 24.3 Å². The summed E-state index contributed by atoms with van der Waals surface area (Å²) < 4.78 is 27.8. The molecular formula is C27H57NO8P+. The Morgan fingerprint density at radius 2 is 1.30 bits per heavy atom. The largest absolute Gasteiger partial charge is 0.481 e. The SMILES string of the molecule is CCCCCCCCCCCCCCCC[C@@H](CC(=O)O)OCC(O)COP(=O)(O)OCC[N+](C)(C)C. The van der Waals surface area contributed by atoms with Gasteiger partial charge in [0.1, 0.15) is 19.3 Å². The van der Waals surface area contributed by atoms with E-state index in [0.717, 1.165) is 19.3 Å². The number of aliphatic hydroxyl groups is 1. The molecule has 222 valence electrons. The zero-order valence-electron chi connectivity index (χ0n) is 24.1. The maximum Gasteiger partial charge on any atom is 0.472 e. The molecule has 0 radical (unpaired) electrons. The zero-order chi connectivity index (χ0) is 28.0. The lowest BCUT2D eigenvalue weighted by Crippen LogP contribution is -2.37. The molecule has 0 rings (SSSR count). The second-order valence-electron chi connectivity index (χ2n) is 11.2. The summed E-state index contributed by atoms with van der Waals surface area (Å²) in [6.07, 6.45) is 16.4. The topological polar surface area (TPSA) is 123 Å². The van der Waals surface area contributed by atoms with Crippen molar-refractivity contribution < 1.29 is 42.7 Å². The molecule has 0 spiro atoms. The standard InChI is InChI=1S/C27H56NO8P/c1-5-6-7-8-9-10-11-12-13-14-15-16-17-18-19-26(22-27(30)31)34-23-25(29)24-36-37(32,33)35-21-20-28(2,3)4/h25-26,29H,5-24H2,1-4H3,(H-,30,31,32,33)/p+1/t25?,26-/m0/s1. The quantitative estimate of drug-likeness (QED) is 0.0650. The Morgan fingerprint density at radius 3 is 1.76 bits per heavy atom. The summed E-state index contributed by atoms with van der Waals surface area (Å²) in [6.45, 7) is 2.21. The Bertz CT molecular complexity index is 599. The van der Waals surface area contributed by atoms with E-state index in [-0.39, 0.29) is 19.6 Å². The van der Waals surface area contributed by atoms with Gasteiger partial charge in [0, 0.05) is 0 Å². The number of hydrogen-bond acceptors (Lipinski definition) is 6. The molecule has 0 bridgehead atoms. The van der Waals surface area contributed by atoms with Crippen LogP contribution in [0.15, 0.2) is 0 Å². The normalized spacial score (nSPS) is 15.4. The number of carbonyl (C=O) groups is 1. The number of aliphatic hydroxyl groups excluding tert-OH is 1. The molecule has 0 saturated carbocycles. The molecule has 0 aliphatic heterocycles. The first-order valence-corrected chi connectivity index (χ1v) is 15.9. The van der Waals surface area contributed by atoms with Crippen molar-refractivity contribution in [2.75, 3.05) is 47.5 Å². The van der Waals surface area contributed by atoms with E-state index in [1.165, 1.54) is 70.6 Å². The minimum atomic E-state index is -4.27. The summed E-state index contributed by atoms with van der Waals surface area (Å²) in [5, 5.41) is 19.2. The highest BCUT2D eigenvalue weighted by atomic mass is 31.2. The summed E-state index contributed by atoms with van der Waals surface area (Å²) in [5.74, 6) is -0.952. The lowest BCUT2D eigenvalue weighted by Gasteiger charge is -2.24. The van der Waals surface area contributed by atoms with Crippen molar-refractivity contribution in [1.82, 2.24) is 0 Å². The van der Waals surface area contributed by atoms with Gasteiger partial charge in [0.05, 0.1) is 46.9 Å². The average molecular weight is 555 g/mol. The summed E-state index contributed by atoms with van der Waals surface area (Å²) in [4.78, 5) is 20.9. The van der Waals surface area contributed by atoms with Crippen LogP contribution in [0.5, 0.6) is 0 Å². The highest BCUT2D eigenvalue weighted by Gasteiger charge is 2.24. The van der Waals surface area contributed by atoms with E-state index in [9.17, 15) is 19.4 Å². The summed E-state index contributed by atoms with van der Waals surface area (Å²) in [5.41, 5.74) is 0. The first-order chi connectivity index (χ1) is 17.4. The van der Waals surface area contributed by atoms with Crippen molar-refractivity contribution in [1.29, 1.82) is 0 Å². The second-order valence-corrected chi connectivity index (χ2v) is 12.7. The number of phosphoric ester groups is 1. The minimum Gasteiger partial charge on any atom is -0.481 e. The lowest BCUT2D eigenvalue weighted by molar-refractivity contribution is -0.870.